The summed E-state index contributed by atoms with van der Waals surface area (Å²) in [5.41, 5.74) is 1.66. The number of rotatable bonds is 4. The molecule has 5 nitrogen and oxygen atoms in total. The van der Waals surface area contributed by atoms with E-state index in [9.17, 15) is 9.59 Å². The highest BCUT2D eigenvalue weighted by Crippen LogP contribution is 2.16. The van der Waals surface area contributed by atoms with Gasteiger partial charge >= 0.3 is 0 Å². The second kappa shape index (κ2) is 5.89. The molecule has 0 aliphatic rings. The Labute approximate surface area is 101 Å². The zero-order valence-corrected chi connectivity index (χ0v) is 10.3. The molecule has 0 spiro atoms. The Hall–Kier alpha value is -2.04. The minimum absolute atomic E-state index is 0.0175. The fourth-order valence-corrected chi connectivity index (χ4v) is 1.26. The number of hydrogen-bond acceptors (Lipinski definition) is 3. The van der Waals surface area contributed by atoms with E-state index in [2.05, 4.69) is 10.6 Å². The summed E-state index contributed by atoms with van der Waals surface area (Å²) in [6.07, 6.45) is 0. The third-order valence-electron chi connectivity index (χ3n) is 2.46. The van der Waals surface area contributed by atoms with Crippen LogP contribution in [0.4, 0.5) is 11.4 Å². The van der Waals surface area contributed by atoms with Crippen molar-refractivity contribution in [3.8, 4) is 0 Å². The van der Waals surface area contributed by atoms with Gasteiger partial charge in [-0.2, -0.15) is 0 Å². The van der Waals surface area contributed by atoms with E-state index < -0.39 is 0 Å². The van der Waals surface area contributed by atoms with Gasteiger partial charge in [-0.05, 0) is 24.3 Å². The molecule has 1 rings (SSSR count). The summed E-state index contributed by atoms with van der Waals surface area (Å²) in [4.78, 5) is 23.7. The molecule has 2 N–H and O–H groups in total. The minimum atomic E-state index is -0.0741. The number of anilines is 2. The van der Waals surface area contributed by atoms with Crippen molar-refractivity contribution in [1.29, 1.82) is 0 Å². The largest absolute Gasteiger partial charge is 0.376 e. The summed E-state index contributed by atoms with van der Waals surface area (Å²) in [5.74, 6) is -0.0917. The van der Waals surface area contributed by atoms with E-state index >= 15 is 0 Å². The van der Waals surface area contributed by atoms with E-state index in [1.165, 1.54) is 6.92 Å². The first-order valence-corrected chi connectivity index (χ1v) is 5.33. The second-order valence-electron chi connectivity index (χ2n) is 3.65. The van der Waals surface area contributed by atoms with E-state index in [-0.39, 0.29) is 18.4 Å². The summed E-state index contributed by atoms with van der Waals surface area (Å²) in [7, 11) is 3.31. The van der Waals surface area contributed by atoms with Gasteiger partial charge in [-0.1, -0.05) is 0 Å². The van der Waals surface area contributed by atoms with Gasteiger partial charge < -0.3 is 15.5 Å². The highest BCUT2D eigenvalue weighted by atomic mass is 16.2. The lowest BCUT2D eigenvalue weighted by Crippen LogP contribution is -2.26. The predicted octanol–water partition coefficient (Wildman–Crippen LogP) is 0.827. The fraction of sp³-hybridized carbons (Fsp3) is 0.333. The maximum absolute atomic E-state index is 11.1. The number of nitrogens with zero attached hydrogens (tertiary/aromatic N) is 1. The van der Waals surface area contributed by atoms with Gasteiger partial charge in [0.25, 0.3) is 0 Å². The molecule has 0 unspecified atom stereocenters. The van der Waals surface area contributed by atoms with Gasteiger partial charge in [0.05, 0.1) is 6.54 Å². The molecule has 17 heavy (non-hydrogen) atoms. The molecule has 2 amide bonds. The summed E-state index contributed by atoms with van der Waals surface area (Å²) in [5, 5.41) is 5.50. The van der Waals surface area contributed by atoms with Crippen molar-refractivity contribution in [3.05, 3.63) is 24.3 Å². The van der Waals surface area contributed by atoms with Crippen LogP contribution in [0.5, 0.6) is 0 Å². The van der Waals surface area contributed by atoms with E-state index in [0.717, 1.165) is 11.4 Å². The number of benzene rings is 1. The van der Waals surface area contributed by atoms with Crippen molar-refractivity contribution >= 4 is 23.2 Å². The summed E-state index contributed by atoms with van der Waals surface area (Å²) in [6.45, 7) is 1.75. The van der Waals surface area contributed by atoms with Gasteiger partial charge in [-0.15, -0.1) is 0 Å². The molecule has 5 heteroatoms. The maximum Gasteiger partial charge on any atom is 0.239 e. The number of nitrogens with one attached hydrogen (secondary N) is 2. The van der Waals surface area contributed by atoms with E-state index in [4.69, 9.17) is 0 Å². The van der Waals surface area contributed by atoms with Crippen LogP contribution >= 0.6 is 0 Å². The lowest BCUT2D eigenvalue weighted by molar-refractivity contribution is -0.119. The van der Waals surface area contributed by atoms with Crippen LogP contribution in [0, 0.1) is 0 Å². The van der Waals surface area contributed by atoms with E-state index in [1.54, 1.807) is 19.0 Å². The highest BCUT2D eigenvalue weighted by molar-refractivity contribution is 5.91. The molecule has 0 saturated carbocycles. The lowest BCUT2D eigenvalue weighted by atomic mass is 10.2. The molecule has 0 fully saturated rings. The van der Waals surface area contributed by atoms with Crippen molar-refractivity contribution in [2.24, 2.45) is 0 Å². The van der Waals surface area contributed by atoms with Gasteiger partial charge in [0.15, 0.2) is 0 Å². The first kappa shape index (κ1) is 13.0. The van der Waals surface area contributed by atoms with Crippen molar-refractivity contribution < 1.29 is 9.59 Å². The lowest BCUT2D eigenvalue weighted by Gasteiger charge is -2.15. The van der Waals surface area contributed by atoms with E-state index in [1.807, 2.05) is 24.3 Å². The monoisotopic (exact) mass is 235 g/mol. The average Bonchev–Trinajstić information content (AvgIpc) is 2.35. The number of carbonyl (C=O) groups excluding carboxylic acids is 2. The number of likely N-dealkylation sites (N-methyl/N-ethyl adjacent to an activating group) is 1. The van der Waals surface area contributed by atoms with Crippen LogP contribution < -0.4 is 15.5 Å². The van der Waals surface area contributed by atoms with Crippen molar-refractivity contribution in [3.63, 3.8) is 0 Å². The summed E-state index contributed by atoms with van der Waals surface area (Å²) < 4.78 is 0. The van der Waals surface area contributed by atoms with Crippen molar-refractivity contribution in [2.75, 3.05) is 30.9 Å². The second-order valence-corrected chi connectivity index (χ2v) is 3.65. The zero-order valence-electron chi connectivity index (χ0n) is 10.3. The highest BCUT2D eigenvalue weighted by Gasteiger charge is 2.04. The Kier molecular flexibility index (Phi) is 4.51. The molecular formula is C12H17N3O2. The Morgan fingerprint density at radius 2 is 1.82 bits per heavy atom. The normalized spacial score (nSPS) is 9.59. The Morgan fingerprint density at radius 3 is 2.29 bits per heavy atom. The van der Waals surface area contributed by atoms with Crippen LogP contribution in [0.1, 0.15) is 6.92 Å². The third-order valence-corrected chi connectivity index (χ3v) is 2.46. The van der Waals surface area contributed by atoms with Crippen LogP contribution in [-0.4, -0.2) is 32.5 Å². The molecule has 92 valence electrons. The predicted molar refractivity (Wildman–Crippen MR) is 68.1 cm³/mol. The van der Waals surface area contributed by atoms with Crippen LogP contribution in [0.25, 0.3) is 0 Å². The summed E-state index contributed by atoms with van der Waals surface area (Å²) in [6, 6.07) is 7.32. The maximum atomic E-state index is 11.1. The number of carbonyl (C=O) groups is 2. The Bertz CT molecular complexity index is 401. The first-order chi connectivity index (χ1) is 8.04. The van der Waals surface area contributed by atoms with Gasteiger partial charge in [0, 0.05) is 32.4 Å². The third kappa shape index (κ3) is 3.79. The molecule has 0 aliphatic heterocycles. The molecule has 1 aromatic carbocycles. The smallest absolute Gasteiger partial charge is 0.239 e. The van der Waals surface area contributed by atoms with Crippen LogP contribution in [0.15, 0.2) is 24.3 Å². The molecule has 0 aliphatic carbocycles. The molecule has 0 bridgehead atoms. The fourth-order valence-electron chi connectivity index (χ4n) is 1.26. The molecule has 0 radical (unpaired) electrons. The number of amides is 2. The molecule has 0 saturated heterocycles. The van der Waals surface area contributed by atoms with Crippen LogP contribution in [-0.2, 0) is 9.59 Å². The zero-order chi connectivity index (χ0) is 12.8. The van der Waals surface area contributed by atoms with Gasteiger partial charge in [0.1, 0.15) is 0 Å². The van der Waals surface area contributed by atoms with Crippen molar-refractivity contribution in [1.82, 2.24) is 5.32 Å². The first-order valence-electron chi connectivity index (χ1n) is 5.33. The van der Waals surface area contributed by atoms with Crippen molar-refractivity contribution in [2.45, 2.75) is 6.92 Å². The quantitative estimate of drug-likeness (QED) is 0.812. The Morgan fingerprint density at radius 1 is 1.24 bits per heavy atom. The molecule has 0 heterocycles. The SMILES string of the molecule is CNC(=O)CNc1ccc(N(C)C(C)=O)cc1. The molecule has 0 atom stereocenters. The number of hydrogen-bond donors (Lipinski definition) is 2. The van der Waals surface area contributed by atoms with E-state index in [0.29, 0.717) is 0 Å². The molecule has 0 aromatic heterocycles. The topological polar surface area (TPSA) is 61.4 Å². The van der Waals surface area contributed by atoms with Gasteiger partial charge in [-0.25, -0.2) is 0 Å². The average molecular weight is 235 g/mol. The molecule has 1 aromatic rings. The minimum Gasteiger partial charge on any atom is -0.376 e. The van der Waals surface area contributed by atoms with Gasteiger partial charge in [0.2, 0.25) is 11.8 Å². The van der Waals surface area contributed by atoms with Gasteiger partial charge in [-0.3, -0.25) is 9.59 Å². The van der Waals surface area contributed by atoms with Crippen LogP contribution in [0.3, 0.4) is 0 Å². The molecular weight excluding hydrogens is 218 g/mol. The summed E-state index contributed by atoms with van der Waals surface area (Å²) >= 11 is 0. The van der Waals surface area contributed by atoms with Crippen LogP contribution in [0.2, 0.25) is 0 Å². The standard InChI is InChI=1S/C12H17N3O2/c1-9(16)15(3)11-6-4-10(5-7-11)14-8-12(17)13-2/h4-7,14H,8H2,1-3H3,(H,13,17). The Balaban J connectivity index is 2.62.